The van der Waals surface area contributed by atoms with Crippen LogP contribution in [0.5, 0.6) is 0 Å². The Bertz CT molecular complexity index is 131. The first-order chi connectivity index (χ1) is 5.38. The highest BCUT2D eigenvalue weighted by Crippen LogP contribution is 2.33. The molecule has 0 aromatic heterocycles. The molecule has 2 aliphatic rings. The quantitative estimate of drug-likeness (QED) is 0.562. The molecule has 1 saturated heterocycles. The smallest absolute Gasteiger partial charge is 0.0121 e. The van der Waals surface area contributed by atoms with Crippen LogP contribution >= 0.6 is 0 Å². The Morgan fingerprint density at radius 1 is 1.09 bits per heavy atom. The van der Waals surface area contributed by atoms with E-state index in [1.807, 2.05) is 0 Å². The first-order valence-corrected chi connectivity index (χ1v) is 5.11. The molecule has 0 spiro atoms. The van der Waals surface area contributed by atoms with Gasteiger partial charge in [0.15, 0.2) is 0 Å². The SMILES string of the molecule is C[C@H]1CCC[C@@H]2CCCN[C@@H]21. The van der Waals surface area contributed by atoms with Gasteiger partial charge in [0.2, 0.25) is 0 Å². The summed E-state index contributed by atoms with van der Waals surface area (Å²) in [5.74, 6) is 1.96. The molecule has 0 radical (unpaired) electrons. The monoisotopic (exact) mass is 153 g/mol. The van der Waals surface area contributed by atoms with Gasteiger partial charge in [0.25, 0.3) is 0 Å². The summed E-state index contributed by atoms with van der Waals surface area (Å²) in [4.78, 5) is 0. The van der Waals surface area contributed by atoms with Crippen molar-refractivity contribution in [2.24, 2.45) is 11.8 Å². The standard InChI is InChI=1S/C10H19N/c1-8-4-2-5-9-6-3-7-11-10(8)9/h8-11H,2-7H2,1H3/t8-,9+,10+/m0/s1. The predicted molar refractivity (Wildman–Crippen MR) is 47.5 cm³/mol. The van der Waals surface area contributed by atoms with Gasteiger partial charge >= 0.3 is 0 Å². The van der Waals surface area contributed by atoms with Gasteiger partial charge < -0.3 is 5.32 Å². The van der Waals surface area contributed by atoms with E-state index in [4.69, 9.17) is 0 Å². The lowest BCUT2D eigenvalue weighted by Crippen LogP contribution is -2.47. The molecular weight excluding hydrogens is 134 g/mol. The van der Waals surface area contributed by atoms with Gasteiger partial charge in [-0.05, 0) is 44.1 Å². The van der Waals surface area contributed by atoms with Crippen LogP contribution in [0.4, 0.5) is 0 Å². The molecule has 1 heteroatoms. The molecule has 0 amide bonds. The number of piperidine rings is 1. The molecule has 3 atom stereocenters. The van der Waals surface area contributed by atoms with Crippen LogP contribution in [0.2, 0.25) is 0 Å². The highest BCUT2D eigenvalue weighted by atomic mass is 14.9. The van der Waals surface area contributed by atoms with Crippen molar-refractivity contribution in [1.82, 2.24) is 5.32 Å². The first-order valence-electron chi connectivity index (χ1n) is 5.11. The highest BCUT2D eigenvalue weighted by Gasteiger charge is 2.31. The minimum Gasteiger partial charge on any atom is -0.313 e. The summed E-state index contributed by atoms with van der Waals surface area (Å²) >= 11 is 0. The molecule has 64 valence electrons. The average molecular weight is 153 g/mol. The minimum atomic E-state index is 0.873. The summed E-state index contributed by atoms with van der Waals surface area (Å²) in [6.45, 7) is 3.68. The third kappa shape index (κ3) is 1.44. The molecule has 1 aliphatic carbocycles. The van der Waals surface area contributed by atoms with E-state index in [2.05, 4.69) is 12.2 Å². The van der Waals surface area contributed by atoms with Gasteiger partial charge in [0, 0.05) is 6.04 Å². The molecule has 2 rings (SSSR count). The van der Waals surface area contributed by atoms with Crippen LogP contribution in [-0.2, 0) is 0 Å². The van der Waals surface area contributed by atoms with E-state index >= 15 is 0 Å². The summed E-state index contributed by atoms with van der Waals surface area (Å²) < 4.78 is 0. The summed E-state index contributed by atoms with van der Waals surface area (Å²) in [6.07, 6.45) is 7.32. The Kier molecular flexibility index (Phi) is 2.17. The zero-order chi connectivity index (χ0) is 7.68. The molecule has 0 unspecified atom stereocenters. The molecule has 2 fully saturated rings. The van der Waals surface area contributed by atoms with Crippen LogP contribution in [0, 0.1) is 11.8 Å². The molecule has 1 aliphatic heterocycles. The summed E-state index contributed by atoms with van der Waals surface area (Å²) in [5.41, 5.74) is 0. The molecule has 0 aromatic rings. The van der Waals surface area contributed by atoms with Gasteiger partial charge in [-0.2, -0.15) is 0 Å². The number of nitrogens with one attached hydrogen (secondary N) is 1. The Labute approximate surface area is 69.6 Å². The zero-order valence-corrected chi connectivity index (χ0v) is 7.47. The van der Waals surface area contributed by atoms with Gasteiger partial charge in [-0.3, -0.25) is 0 Å². The topological polar surface area (TPSA) is 12.0 Å². The van der Waals surface area contributed by atoms with E-state index in [-0.39, 0.29) is 0 Å². The molecule has 11 heavy (non-hydrogen) atoms. The van der Waals surface area contributed by atoms with Crippen LogP contribution in [0.25, 0.3) is 0 Å². The number of fused-ring (bicyclic) bond motifs is 1. The largest absolute Gasteiger partial charge is 0.313 e. The number of rotatable bonds is 0. The van der Waals surface area contributed by atoms with E-state index in [0.29, 0.717) is 0 Å². The van der Waals surface area contributed by atoms with Gasteiger partial charge in [0.05, 0.1) is 0 Å². The van der Waals surface area contributed by atoms with Gasteiger partial charge in [-0.1, -0.05) is 13.3 Å². The van der Waals surface area contributed by atoms with Crippen LogP contribution in [-0.4, -0.2) is 12.6 Å². The number of hydrogen-bond acceptors (Lipinski definition) is 1. The van der Waals surface area contributed by atoms with Crippen molar-refractivity contribution in [3.8, 4) is 0 Å². The molecule has 0 aromatic carbocycles. The zero-order valence-electron chi connectivity index (χ0n) is 7.47. The maximum atomic E-state index is 3.67. The van der Waals surface area contributed by atoms with Crippen LogP contribution in [0.15, 0.2) is 0 Å². The lowest BCUT2D eigenvalue weighted by molar-refractivity contribution is 0.157. The van der Waals surface area contributed by atoms with Crippen molar-refractivity contribution < 1.29 is 0 Å². The summed E-state index contributed by atoms with van der Waals surface area (Å²) in [7, 11) is 0. The summed E-state index contributed by atoms with van der Waals surface area (Å²) in [5, 5.41) is 3.67. The van der Waals surface area contributed by atoms with Crippen molar-refractivity contribution in [3.05, 3.63) is 0 Å². The van der Waals surface area contributed by atoms with Crippen molar-refractivity contribution in [3.63, 3.8) is 0 Å². The Hall–Kier alpha value is -0.0400. The maximum absolute atomic E-state index is 3.67. The fourth-order valence-electron chi connectivity index (χ4n) is 2.85. The predicted octanol–water partition coefficient (Wildman–Crippen LogP) is 2.17. The fraction of sp³-hybridized carbons (Fsp3) is 1.00. The Balaban J connectivity index is 1.99. The van der Waals surface area contributed by atoms with E-state index in [1.165, 1.54) is 38.6 Å². The van der Waals surface area contributed by atoms with Crippen LogP contribution in [0.3, 0.4) is 0 Å². The number of hydrogen-bond donors (Lipinski definition) is 1. The van der Waals surface area contributed by atoms with Crippen molar-refractivity contribution in [1.29, 1.82) is 0 Å². The maximum Gasteiger partial charge on any atom is 0.0121 e. The van der Waals surface area contributed by atoms with E-state index in [9.17, 15) is 0 Å². The Morgan fingerprint density at radius 3 is 2.73 bits per heavy atom. The highest BCUT2D eigenvalue weighted by molar-refractivity contribution is 4.88. The third-order valence-electron chi connectivity index (χ3n) is 3.49. The molecule has 1 heterocycles. The molecule has 0 bridgehead atoms. The lowest BCUT2D eigenvalue weighted by atomic mass is 9.74. The van der Waals surface area contributed by atoms with E-state index < -0.39 is 0 Å². The molecular formula is C10H19N. The van der Waals surface area contributed by atoms with Crippen molar-refractivity contribution in [2.75, 3.05) is 6.54 Å². The van der Waals surface area contributed by atoms with Gasteiger partial charge in [-0.15, -0.1) is 0 Å². The second-order valence-corrected chi connectivity index (χ2v) is 4.29. The normalized spacial score (nSPS) is 45.0. The van der Waals surface area contributed by atoms with Crippen LogP contribution < -0.4 is 5.32 Å². The molecule has 1 nitrogen and oxygen atoms in total. The molecule has 1 N–H and O–H groups in total. The second-order valence-electron chi connectivity index (χ2n) is 4.29. The summed E-state index contributed by atoms with van der Waals surface area (Å²) in [6, 6.07) is 0.873. The van der Waals surface area contributed by atoms with Crippen molar-refractivity contribution >= 4 is 0 Å². The molecule has 1 saturated carbocycles. The van der Waals surface area contributed by atoms with Crippen molar-refractivity contribution in [2.45, 2.75) is 45.1 Å². The lowest BCUT2D eigenvalue weighted by Gasteiger charge is -2.40. The van der Waals surface area contributed by atoms with E-state index in [1.54, 1.807) is 0 Å². The first kappa shape index (κ1) is 7.60. The second kappa shape index (κ2) is 3.14. The minimum absolute atomic E-state index is 0.873. The third-order valence-corrected chi connectivity index (χ3v) is 3.49. The fourth-order valence-corrected chi connectivity index (χ4v) is 2.85. The average Bonchev–Trinajstić information content (AvgIpc) is 2.06. The van der Waals surface area contributed by atoms with E-state index in [0.717, 1.165) is 17.9 Å². The van der Waals surface area contributed by atoms with Gasteiger partial charge in [-0.25, -0.2) is 0 Å². The van der Waals surface area contributed by atoms with Crippen LogP contribution in [0.1, 0.15) is 39.0 Å². The van der Waals surface area contributed by atoms with Gasteiger partial charge in [0.1, 0.15) is 0 Å². The Morgan fingerprint density at radius 2 is 1.91 bits per heavy atom.